The molecule has 1 rings (SSSR count). The molecule has 1 atom stereocenters. The van der Waals surface area contributed by atoms with Gasteiger partial charge in [-0.15, -0.1) is 0 Å². The van der Waals surface area contributed by atoms with Gasteiger partial charge in [0.15, 0.2) is 6.40 Å². The van der Waals surface area contributed by atoms with E-state index >= 15 is 0 Å². The maximum Gasteiger partial charge on any atom is 0.177 e. The van der Waals surface area contributed by atoms with Crippen LogP contribution in [0.25, 0.3) is 0 Å². The maximum absolute atomic E-state index is 4.97. The van der Waals surface area contributed by atoms with Crippen molar-refractivity contribution in [3.8, 4) is 0 Å². The molecule has 0 saturated heterocycles. The summed E-state index contributed by atoms with van der Waals surface area (Å²) in [5, 5.41) is 0. The molecule has 1 unspecified atom stereocenters. The molecule has 0 bridgehead atoms. The third-order valence-electron chi connectivity index (χ3n) is 1.82. The number of hydrogen-bond acceptors (Lipinski definition) is 2. The number of rotatable bonds is 1. The quantitative estimate of drug-likeness (QED) is 0.523. The van der Waals surface area contributed by atoms with Crippen LogP contribution < -0.4 is 0 Å². The fraction of sp³-hybridized carbons (Fsp3) is 0.571. The standard InChI is InChI=1S/C7H11NO/c1-4-7(3)6(2)9-5-8-7/h5H,2,4H2,1,3H3. The van der Waals surface area contributed by atoms with E-state index in [1.165, 1.54) is 6.40 Å². The monoisotopic (exact) mass is 125 g/mol. The van der Waals surface area contributed by atoms with Crippen molar-refractivity contribution in [3.05, 3.63) is 12.3 Å². The highest BCUT2D eigenvalue weighted by Gasteiger charge is 2.29. The SMILES string of the molecule is C=C1OC=NC1(C)CC. The van der Waals surface area contributed by atoms with Crippen molar-refractivity contribution in [1.82, 2.24) is 0 Å². The van der Waals surface area contributed by atoms with Gasteiger partial charge in [0.1, 0.15) is 11.3 Å². The van der Waals surface area contributed by atoms with Crippen LogP contribution in [0.5, 0.6) is 0 Å². The van der Waals surface area contributed by atoms with Gasteiger partial charge in [0.05, 0.1) is 0 Å². The Labute approximate surface area is 55.2 Å². The van der Waals surface area contributed by atoms with Crippen LogP contribution in [0, 0.1) is 0 Å². The van der Waals surface area contributed by atoms with Gasteiger partial charge >= 0.3 is 0 Å². The van der Waals surface area contributed by atoms with E-state index in [2.05, 4.69) is 18.5 Å². The minimum atomic E-state index is -0.153. The molecule has 0 N–H and O–H groups in total. The Kier molecular flexibility index (Phi) is 1.31. The van der Waals surface area contributed by atoms with E-state index in [0.717, 1.165) is 12.2 Å². The molecule has 0 aromatic carbocycles. The predicted molar refractivity (Wildman–Crippen MR) is 37.4 cm³/mol. The van der Waals surface area contributed by atoms with Crippen LogP contribution in [0.1, 0.15) is 20.3 Å². The molecule has 2 nitrogen and oxygen atoms in total. The molecule has 0 aromatic rings. The lowest BCUT2D eigenvalue weighted by atomic mass is 9.99. The van der Waals surface area contributed by atoms with E-state index in [9.17, 15) is 0 Å². The van der Waals surface area contributed by atoms with Crippen LogP contribution in [0.4, 0.5) is 0 Å². The Morgan fingerprint density at radius 1 is 1.89 bits per heavy atom. The summed E-state index contributed by atoms with van der Waals surface area (Å²) in [4.78, 5) is 4.12. The molecule has 9 heavy (non-hydrogen) atoms. The summed E-state index contributed by atoms with van der Waals surface area (Å²) in [6.45, 7) is 7.81. The molecule has 1 aliphatic rings. The second-order valence-corrected chi connectivity index (χ2v) is 2.40. The largest absolute Gasteiger partial charge is 0.449 e. The minimum Gasteiger partial charge on any atom is -0.449 e. The van der Waals surface area contributed by atoms with Crippen molar-refractivity contribution in [1.29, 1.82) is 0 Å². The van der Waals surface area contributed by atoms with Gasteiger partial charge in [-0.05, 0) is 13.3 Å². The molecular formula is C7H11NO. The average molecular weight is 125 g/mol. The van der Waals surface area contributed by atoms with Crippen molar-refractivity contribution < 1.29 is 4.74 Å². The highest BCUT2D eigenvalue weighted by molar-refractivity contribution is 5.55. The van der Waals surface area contributed by atoms with E-state index in [1.54, 1.807) is 0 Å². The van der Waals surface area contributed by atoms with Gasteiger partial charge in [-0.2, -0.15) is 0 Å². The molecule has 0 fully saturated rings. The van der Waals surface area contributed by atoms with Crippen molar-refractivity contribution in [2.75, 3.05) is 0 Å². The van der Waals surface area contributed by atoms with Crippen LogP contribution in [0.3, 0.4) is 0 Å². The third-order valence-corrected chi connectivity index (χ3v) is 1.82. The second-order valence-electron chi connectivity index (χ2n) is 2.40. The lowest BCUT2D eigenvalue weighted by molar-refractivity contribution is 0.372. The highest BCUT2D eigenvalue weighted by atomic mass is 16.5. The van der Waals surface area contributed by atoms with Gasteiger partial charge < -0.3 is 4.74 Å². The summed E-state index contributed by atoms with van der Waals surface area (Å²) >= 11 is 0. The van der Waals surface area contributed by atoms with Gasteiger partial charge in [0.25, 0.3) is 0 Å². The molecule has 0 radical (unpaired) electrons. The Morgan fingerprint density at radius 3 is 2.78 bits per heavy atom. The lowest BCUT2D eigenvalue weighted by Gasteiger charge is -2.16. The number of nitrogens with zero attached hydrogens (tertiary/aromatic N) is 1. The summed E-state index contributed by atoms with van der Waals surface area (Å²) in [6.07, 6.45) is 2.41. The summed E-state index contributed by atoms with van der Waals surface area (Å²) in [6, 6.07) is 0. The number of aliphatic imine (C=N–C) groups is 1. The number of ether oxygens (including phenoxy) is 1. The first kappa shape index (κ1) is 6.33. The Bertz CT molecular complexity index is 162. The van der Waals surface area contributed by atoms with E-state index in [-0.39, 0.29) is 5.54 Å². The predicted octanol–water partition coefficient (Wildman–Crippen LogP) is 1.73. The van der Waals surface area contributed by atoms with E-state index in [1.807, 2.05) is 6.92 Å². The Morgan fingerprint density at radius 2 is 2.56 bits per heavy atom. The van der Waals surface area contributed by atoms with Crippen molar-refractivity contribution in [3.63, 3.8) is 0 Å². The van der Waals surface area contributed by atoms with E-state index in [4.69, 9.17) is 4.74 Å². The highest BCUT2D eigenvalue weighted by Crippen LogP contribution is 2.27. The van der Waals surface area contributed by atoms with Crippen LogP contribution >= 0.6 is 0 Å². The van der Waals surface area contributed by atoms with Gasteiger partial charge in [0, 0.05) is 0 Å². The van der Waals surface area contributed by atoms with Crippen LogP contribution in [0.2, 0.25) is 0 Å². The minimum absolute atomic E-state index is 0.153. The summed E-state index contributed by atoms with van der Waals surface area (Å²) in [7, 11) is 0. The molecular weight excluding hydrogens is 114 g/mol. The Hall–Kier alpha value is -0.790. The van der Waals surface area contributed by atoms with Gasteiger partial charge in [-0.3, -0.25) is 0 Å². The summed E-state index contributed by atoms with van der Waals surface area (Å²) in [5.41, 5.74) is -0.153. The third kappa shape index (κ3) is 0.846. The molecule has 2 heteroatoms. The maximum atomic E-state index is 4.97. The summed E-state index contributed by atoms with van der Waals surface area (Å²) in [5.74, 6) is 0.755. The van der Waals surface area contributed by atoms with Crippen LogP contribution in [-0.4, -0.2) is 11.9 Å². The lowest BCUT2D eigenvalue weighted by Crippen LogP contribution is -2.19. The molecule has 0 saturated carbocycles. The first-order chi connectivity index (χ1) is 4.19. The average Bonchev–Trinajstić information content (AvgIpc) is 2.15. The zero-order valence-electron chi connectivity index (χ0n) is 5.85. The molecule has 0 aromatic heterocycles. The molecule has 0 amide bonds. The van der Waals surface area contributed by atoms with E-state index in [0.29, 0.717) is 0 Å². The molecule has 0 aliphatic carbocycles. The fourth-order valence-electron chi connectivity index (χ4n) is 0.694. The first-order valence-electron chi connectivity index (χ1n) is 3.09. The second kappa shape index (κ2) is 1.87. The van der Waals surface area contributed by atoms with Crippen molar-refractivity contribution in [2.24, 2.45) is 4.99 Å². The molecule has 1 aliphatic heterocycles. The van der Waals surface area contributed by atoms with E-state index < -0.39 is 0 Å². The zero-order valence-corrected chi connectivity index (χ0v) is 5.85. The smallest absolute Gasteiger partial charge is 0.177 e. The van der Waals surface area contributed by atoms with Crippen LogP contribution in [-0.2, 0) is 4.74 Å². The fourth-order valence-corrected chi connectivity index (χ4v) is 0.694. The normalized spacial score (nSPS) is 32.9. The molecule has 50 valence electrons. The Balaban J connectivity index is 2.78. The summed E-state index contributed by atoms with van der Waals surface area (Å²) < 4.78 is 4.97. The van der Waals surface area contributed by atoms with Gasteiger partial charge in [0.2, 0.25) is 0 Å². The molecule has 0 spiro atoms. The van der Waals surface area contributed by atoms with Crippen LogP contribution in [0.15, 0.2) is 17.3 Å². The van der Waals surface area contributed by atoms with Gasteiger partial charge in [-0.25, -0.2) is 4.99 Å². The first-order valence-corrected chi connectivity index (χ1v) is 3.09. The topological polar surface area (TPSA) is 21.6 Å². The molecule has 1 heterocycles. The van der Waals surface area contributed by atoms with Crippen molar-refractivity contribution >= 4 is 6.40 Å². The zero-order chi connectivity index (χ0) is 6.91. The van der Waals surface area contributed by atoms with Crippen molar-refractivity contribution in [2.45, 2.75) is 25.8 Å². The van der Waals surface area contributed by atoms with Gasteiger partial charge in [-0.1, -0.05) is 13.5 Å². The number of hydrogen-bond donors (Lipinski definition) is 0.